The molecule has 4 rings (SSSR count). The zero-order chi connectivity index (χ0) is 20.3. The molecule has 0 unspecified atom stereocenters. The smallest absolute Gasteiger partial charge is 0.269 e. The summed E-state index contributed by atoms with van der Waals surface area (Å²) >= 11 is 3.39. The summed E-state index contributed by atoms with van der Waals surface area (Å²) in [5.41, 5.74) is 0.556. The fourth-order valence-electron chi connectivity index (χ4n) is 3.17. The largest absolute Gasteiger partial charge is 0.491 e. The van der Waals surface area contributed by atoms with Crippen LogP contribution in [-0.4, -0.2) is 33.8 Å². The molecule has 0 bridgehead atoms. The van der Waals surface area contributed by atoms with Gasteiger partial charge in [0.2, 0.25) is 5.79 Å². The van der Waals surface area contributed by atoms with Crippen molar-refractivity contribution in [3.05, 3.63) is 87.4 Å². The van der Waals surface area contributed by atoms with E-state index in [9.17, 15) is 10.1 Å². The zero-order valence-electron chi connectivity index (χ0n) is 15.3. The Morgan fingerprint density at radius 3 is 2.86 bits per heavy atom. The summed E-state index contributed by atoms with van der Waals surface area (Å²) in [6, 6.07) is 13.8. The number of imidazole rings is 1. The Bertz CT molecular complexity index is 980. The maximum atomic E-state index is 11.2. The number of ether oxygens (including phenoxy) is 3. The van der Waals surface area contributed by atoms with Gasteiger partial charge in [0.25, 0.3) is 5.69 Å². The zero-order valence-corrected chi connectivity index (χ0v) is 16.9. The predicted octanol–water partition coefficient (Wildman–Crippen LogP) is 3.90. The molecule has 8 nitrogen and oxygen atoms in total. The number of halogens is 1. The monoisotopic (exact) mass is 459 g/mol. The lowest BCUT2D eigenvalue weighted by molar-refractivity contribution is -0.385. The number of nitro groups is 1. The van der Waals surface area contributed by atoms with Crippen LogP contribution in [0.4, 0.5) is 5.69 Å². The van der Waals surface area contributed by atoms with E-state index < -0.39 is 10.7 Å². The Hall–Kier alpha value is -2.75. The molecule has 0 N–H and O–H groups in total. The van der Waals surface area contributed by atoms with Crippen LogP contribution in [0.5, 0.6) is 5.75 Å². The van der Waals surface area contributed by atoms with Gasteiger partial charge in [0, 0.05) is 34.6 Å². The molecule has 3 aromatic rings. The summed E-state index contributed by atoms with van der Waals surface area (Å²) in [5.74, 6) is -0.445. The van der Waals surface area contributed by atoms with Crippen molar-refractivity contribution in [2.75, 3.05) is 13.2 Å². The molecule has 29 heavy (non-hydrogen) atoms. The molecule has 0 radical (unpaired) electrons. The third kappa shape index (κ3) is 4.47. The molecule has 1 saturated heterocycles. The minimum atomic E-state index is -1.17. The summed E-state index contributed by atoms with van der Waals surface area (Å²) < 4.78 is 20.9. The van der Waals surface area contributed by atoms with E-state index >= 15 is 0 Å². The summed E-state index contributed by atoms with van der Waals surface area (Å²) in [6.45, 7) is 0.902. The van der Waals surface area contributed by atoms with Crippen LogP contribution in [0.25, 0.3) is 0 Å². The highest BCUT2D eigenvalue weighted by Gasteiger charge is 2.44. The average molecular weight is 460 g/mol. The van der Waals surface area contributed by atoms with Gasteiger partial charge in [-0.25, -0.2) is 4.98 Å². The van der Waals surface area contributed by atoms with Gasteiger partial charge in [-0.2, -0.15) is 0 Å². The minimum Gasteiger partial charge on any atom is -0.491 e. The first-order chi connectivity index (χ1) is 14.0. The normalized spacial score (nSPS) is 21.2. The number of nitro benzene ring substituents is 1. The highest BCUT2D eigenvalue weighted by atomic mass is 79.9. The van der Waals surface area contributed by atoms with E-state index in [0.29, 0.717) is 25.3 Å². The number of nitrogens with zero attached hydrogens (tertiary/aromatic N) is 3. The van der Waals surface area contributed by atoms with Crippen LogP contribution in [0.1, 0.15) is 5.56 Å². The fourth-order valence-corrected chi connectivity index (χ4v) is 3.43. The van der Waals surface area contributed by atoms with Crippen molar-refractivity contribution in [3.8, 4) is 5.75 Å². The topological polar surface area (TPSA) is 88.7 Å². The number of non-ortho nitro benzene ring substituents is 1. The molecule has 0 saturated carbocycles. The van der Waals surface area contributed by atoms with E-state index in [0.717, 1.165) is 10.2 Å². The van der Waals surface area contributed by atoms with Crippen LogP contribution in [0.15, 0.2) is 71.7 Å². The lowest BCUT2D eigenvalue weighted by Crippen LogP contribution is -2.34. The number of hydrogen-bond donors (Lipinski definition) is 0. The lowest BCUT2D eigenvalue weighted by Gasteiger charge is -2.29. The Labute approximate surface area is 175 Å². The molecular formula is C20H18BrN3O5. The lowest BCUT2D eigenvalue weighted by atomic mass is 10.0. The van der Waals surface area contributed by atoms with Crippen molar-refractivity contribution in [1.29, 1.82) is 0 Å². The predicted molar refractivity (Wildman–Crippen MR) is 107 cm³/mol. The van der Waals surface area contributed by atoms with Crippen LogP contribution >= 0.6 is 15.9 Å². The van der Waals surface area contributed by atoms with Crippen molar-refractivity contribution in [3.63, 3.8) is 0 Å². The fraction of sp³-hybridized carbons (Fsp3) is 0.250. The molecule has 9 heteroatoms. The Morgan fingerprint density at radius 1 is 1.31 bits per heavy atom. The molecular weight excluding hydrogens is 442 g/mol. The maximum Gasteiger partial charge on any atom is 0.269 e. The maximum absolute atomic E-state index is 11.2. The van der Waals surface area contributed by atoms with Crippen LogP contribution in [-0.2, 0) is 21.8 Å². The molecule has 2 aromatic carbocycles. The molecule has 1 fully saturated rings. The van der Waals surface area contributed by atoms with Crippen molar-refractivity contribution in [1.82, 2.24) is 9.55 Å². The number of hydrogen-bond acceptors (Lipinski definition) is 6. The van der Waals surface area contributed by atoms with Gasteiger partial charge in [-0.05, 0) is 24.3 Å². The van der Waals surface area contributed by atoms with Gasteiger partial charge >= 0.3 is 0 Å². The minimum absolute atomic E-state index is 0.0192. The van der Waals surface area contributed by atoms with Crippen LogP contribution in [0.2, 0.25) is 0 Å². The third-order valence-electron chi connectivity index (χ3n) is 4.56. The van der Waals surface area contributed by atoms with Gasteiger partial charge in [-0.15, -0.1) is 0 Å². The molecule has 1 aliphatic heterocycles. The van der Waals surface area contributed by atoms with E-state index in [1.54, 1.807) is 30.9 Å². The second-order valence-electron chi connectivity index (χ2n) is 6.61. The third-order valence-corrected chi connectivity index (χ3v) is 5.08. The molecule has 2 heterocycles. The molecule has 150 valence electrons. The molecule has 0 amide bonds. The first-order valence-electron chi connectivity index (χ1n) is 8.95. The van der Waals surface area contributed by atoms with Crippen molar-refractivity contribution in [2.45, 2.75) is 18.4 Å². The van der Waals surface area contributed by atoms with E-state index in [2.05, 4.69) is 20.9 Å². The van der Waals surface area contributed by atoms with Gasteiger partial charge in [-0.1, -0.05) is 28.1 Å². The Kier molecular flexibility index (Phi) is 5.61. The average Bonchev–Trinajstić information content (AvgIpc) is 3.39. The summed E-state index contributed by atoms with van der Waals surface area (Å²) in [4.78, 5) is 14.8. The molecule has 0 spiro atoms. The second-order valence-corrected chi connectivity index (χ2v) is 7.53. The quantitative estimate of drug-likeness (QED) is 0.393. The first-order valence-corrected chi connectivity index (χ1v) is 9.74. The van der Waals surface area contributed by atoms with Gasteiger partial charge < -0.3 is 18.8 Å². The molecule has 2 atom stereocenters. The number of benzene rings is 2. The summed E-state index contributed by atoms with van der Waals surface area (Å²) in [5, 5.41) is 11.2. The van der Waals surface area contributed by atoms with Crippen LogP contribution in [0, 0.1) is 10.1 Å². The Balaban J connectivity index is 1.54. The second kappa shape index (κ2) is 8.32. The van der Waals surface area contributed by atoms with Crippen molar-refractivity contribution in [2.24, 2.45) is 0 Å². The highest BCUT2D eigenvalue weighted by molar-refractivity contribution is 9.10. The summed E-state index contributed by atoms with van der Waals surface area (Å²) in [6.07, 6.45) is 4.76. The van der Waals surface area contributed by atoms with Gasteiger partial charge in [0.05, 0.1) is 24.4 Å². The summed E-state index contributed by atoms with van der Waals surface area (Å²) in [7, 11) is 0. The standard InChI is InChI=1S/C20H18BrN3O5/c21-16-4-6-18(7-5-16)27-11-19-12-28-20(29-19,13-23-9-8-22-14-23)15-2-1-3-17(10-15)24(25)26/h1-10,14,19H,11-13H2/t19-,20-/m1/s1. The molecule has 0 aliphatic carbocycles. The molecule has 1 aliphatic rings. The van der Waals surface area contributed by atoms with E-state index in [1.807, 2.05) is 28.8 Å². The SMILES string of the molecule is O=[N+]([O-])c1cccc([C@]2(Cn3ccnc3)OC[C@@H](COc3ccc(Br)cc3)O2)c1. The first kappa shape index (κ1) is 19.6. The van der Waals surface area contributed by atoms with Crippen molar-refractivity contribution < 1.29 is 19.1 Å². The number of aromatic nitrogens is 2. The van der Waals surface area contributed by atoms with Crippen molar-refractivity contribution >= 4 is 21.6 Å². The van der Waals surface area contributed by atoms with E-state index in [4.69, 9.17) is 14.2 Å². The van der Waals surface area contributed by atoms with Gasteiger partial charge in [-0.3, -0.25) is 10.1 Å². The van der Waals surface area contributed by atoms with Crippen LogP contribution < -0.4 is 4.74 Å². The van der Waals surface area contributed by atoms with E-state index in [1.165, 1.54) is 12.1 Å². The Morgan fingerprint density at radius 2 is 2.14 bits per heavy atom. The highest BCUT2D eigenvalue weighted by Crippen LogP contribution is 2.37. The van der Waals surface area contributed by atoms with E-state index in [-0.39, 0.29) is 11.8 Å². The van der Waals surface area contributed by atoms with Crippen LogP contribution in [0.3, 0.4) is 0 Å². The molecule has 1 aromatic heterocycles. The van der Waals surface area contributed by atoms with Gasteiger partial charge in [0.15, 0.2) is 0 Å². The van der Waals surface area contributed by atoms with Gasteiger partial charge in [0.1, 0.15) is 18.5 Å². The number of rotatable bonds is 7.